The molecule has 1 nitrogen and oxygen atoms in total. The summed E-state index contributed by atoms with van der Waals surface area (Å²) in [5, 5.41) is 1.52. The van der Waals surface area contributed by atoms with Gasteiger partial charge in [-0.3, -0.25) is 0 Å². The van der Waals surface area contributed by atoms with Crippen LogP contribution in [0.3, 0.4) is 0 Å². The summed E-state index contributed by atoms with van der Waals surface area (Å²) in [6, 6.07) is 14.6. The average Bonchev–Trinajstić information content (AvgIpc) is 2.31. The number of hydrogen-bond donors (Lipinski definition) is 0. The normalized spacial score (nSPS) is 12.4. The Balaban J connectivity index is 2.15. The minimum atomic E-state index is 0.441. The van der Waals surface area contributed by atoms with E-state index in [2.05, 4.69) is 49.2 Å². The molecule has 0 bridgehead atoms. The Kier molecular flexibility index (Phi) is 3.62. The lowest BCUT2D eigenvalue weighted by molar-refractivity contribution is 1.05. The lowest BCUT2D eigenvalue weighted by atomic mass is 10.1. The highest BCUT2D eigenvalue weighted by atomic mass is 32.2. The maximum absolute atomic E-state index is 4.34. The van der Waals surface area contributed by atoms with E-state index in [1.165, 1.54) is 11.1 Å². The number of aromatic nitrogens is 1. The maximum atomic E-state index is 4.34. The summed E-state index contributed by atoms with van der Waals surface area (Å²) in [5.41, 5.74) is 2.73. The van der Waals surface area contributed by atoms with Gasteiger partial charge in [0.15, 0.2) is 0 Å². The highest BCUT2D eigenvalue weighted by Gasteiger charge is 2.09. The smallest absolute Gasteiger partial charge is 0.0965 e. The van der Waals surface area contributed by atoms with Crippen LogP contribution in [0.1, 0.15) is 23.3 Å². The fraction of sp³-hybridized carbons (Fsp3) is 0.214. The second-order valence-corrected chi connectivity index (χ2v) is 5.15. The highest BCUT2D eigenvalue weighted by molar-refractivity contribution is 7.99. The first-order valence-electron chi connectivity index (χ1n) is 5.40. The van der Waals surface area contributed by atoms with Gasteiger partial charge in [-0.15, -0.1) is 0 Å². The summed E-state index contributed by atoms with van der Waals surface area (Å²) in [6.45, 7) is 4.38. The molecule has 1 heterocycles. The van der Waals surface area contributed by atoms with Crippen LogP contribution in [-0.4, -0.2) is 4.98 Å². The molecule has 0 aliphatic carbocycles. The number of thioether (sulfide) groups is 1. The van der Waals surface area contributed by atoms with Crippen molar-refractivity contribution in [3.63, 3.8) is 0 Å². The number of aryl methyl sites for hydroxylation is 1. The van der Waals surface area contributed by atoms with Crippen molar-refractivity contribution in [2.24, 2.45) is 0 Å². The van der Waals surface area contributed by atoms with Crippen LogP contribution >= 0.6 is 11.8 Å². The molecule has 0 amide bonds. The topological polar surface area (TPSA) is 12.9 Å². The van der Waals surface area contributed by atoms with Crippen LogP contribution < -0.4 is 0 Å². The molecule has 2 aromatic rings. The number of rotatable bonds is 3. The Morgan fingerprint density at radius 3 is 2.50 bits per heavy atom. The molecule has 1 aromatic heterocycles. The first kappa shape index (κ1) is 11.2. The van der Waals surface area contributed by atoms with Gasteiger partial charge in [0.2, 0.25) is 0 Å². The predicted octanol–water partition coefficient (Wildman–Crippen LogP) is 4.24. The predicted molar refractivity (Wildman–Crippen MR) is 69.7 cm³/mol. The van der Waals surface area contributed by atoms with E-state index in [1.54, 1.807) is 11.8 Å². The first-order chi connectivity index (χ1) is 7.77. The zero-order valence-corrected chi connectivity index (χ0v) is 10.4. The minimum absolute atomic E-state index is 0.441. The van der Waals surface area contributed by atoms with Gasteiger partial charge >= 0.3 is 0 Å². The van der Waals surface area contributed by atoms with Crippen LogP contribution in [-0.2, 0) is 0 Å². The Labute approximate surface area is 101 Å². The molecule has 1 unspecified atom stereocenters. The molecule has 2 heteroatoms. The summed E-state index contributed by atoms with van der Waals surface area (Å²) in [6.07, 6.45) is 1.84. The molecule has 82 valence electrons. The van der Waals surface area contributed by atoms with Gasteiger partial charge in [0.05, 0.1) is 5.03 Å². The van der Waals surface area contributed by atoms with Crippen LogP contribution in [0.15, 0.2) is 53.7 Å². The van der Waals surface area contributed by atoms with E-state index in [0.29, 0.717) is 5.25 Å². The second kappa shape index (κ2) is 5.17. The van der Waals surface area contributed by atoms with Gasteiger partial charge in [0.1, 0.15) is 0 Å². The minimum Gasteiger partial charge on any atom is -0.250 e. The van der Waals surface area contributed by atoms with E-state index >= 15 is 0 Å². The van der Waals surface area contributed by atoms with Crippen molar-refractivity contribution in [3.05, 3.63) is 59.8 Å². The largest absolute Gasteiger partial charge is 0.250 e. The van der Waals surface area contributed by atoms with E-state index in [4.69, 9.17) is 0 Å². The van der Waals surface area contributed by atoms with Crippen molar-refractivity contribution in [1.82, 2.24) is 4.98 Å². The molecule has 0 N–H and O–H groups in total. The summed E-state index contributed by atoms with van der Waals surface area (Å²) < 4.78 is 0. The van der Waals surface area contributed by atoms with Crippen LogP contribution in [0.25, 0.3) is 0 Å². The quantitative estimate of drug-likeness (QED) is 0.730. The first-order valence-corrected chi connectivity index (χ1v) is 6.28. The van der Waals surface area contributed by atoms with E-state index in [9.17, 15) is 0 Å². The van der Waals surface area contributed by atoms with Crippen molar-refractivity contribution in [1.29, 1.82) is 0 Å². The Morgan fingerprint density at radius 1 is 1.06 bits per heavy atom. The molecule has 0 aliphatic heterocycles. The van der Waals surface area contributed by atoms with Crippen molar-refractivity contribution >= 4 is 11.8 Å². The molecular weight excluding hydrogens is 214 g/mol. The van der Waals surface area contributed by atoms with Crippen LogP contribution in [0.5, 0.6) is 0 Å². The molecule has 2 rings (SSSR count). The average molecular weight is 229 g/mol. The van der Waals surface area contributed by atoms with E-state index < -0.39 is 0 Å². The molecule has 0 saturated heterocycles. The van der Waals surface area contributed by atoms with Gasteiger partial charge in [-0.2, -0.15) is 0 Å². The molecule has 0 fully saturated rings. The molecule has 0 saturated carbocycles. The maximum Gasteiger partial charge on any atom is 0.0965 e. The highest BCUT2D eigenvalue weighted by Crippen LogP contribution is 2.34. The van der Waals surface area contributed by atoms with E-state index in [0.717, 1.165) is 5.03 Å². The molecule has 0 aliphatic rings. The van der Waals surface area contributed by atoms with E-state index in [1.807, 2.05) is 18.3 Å². The number of hydrogen-bond acceptors (Lipinski definition) is 2. The lowest BCUT2D eigenvalue weighted by Crippen LogP contribution is -1.92. The third kappa shape index (κ3) is 2.64. The SMILES string of the molecule is Cc1ccccc1C(C)Sc1ccccn1. The monoisotopic (exact) mass is 229 g/mol. The zero-order chi connectivity index (χ0) is 11.4. The van der Waals surface area contributed by atoms with Crippen molar-refractivity contribution < 1.29 is 0 Å². The fourth-order valence-corrected chi connectivity index (χ4v) is 2.74. The van der Waals surface area contributed by atoms with E-state index in [-0.39, 0.29) is 0 Å². The van der Waals surface area contributed by atoms with Crippen LogP contribution in [0.2, 0.25) is 0 Å². The molecule has 0 radical (unpaired) electrons. The fourth-order valence-electron chi connectivity index (χ4n) is 1.70. The number of pyridine rings is 1. The van der Waals surface area contributed by atoms with Crippen LogP contribution in [0, 0.1) is 6.92 Å². The second-order valence-electron chi connectivity index (χ2n) is 3.78. The van der Waals surface area contributed by atoms with Crippen molar-refractivity contribution in [2.75, 3.05) is 0 Å². The Hall–Kier alpha value is -1.28. The van der Waals surface area contributed by atoms with Crippen LogP contribution in [0.4, 0.5) is 0 Å². The van der Waals surface area contributed by atoms with Crippen molar-refractivity contribution in [3.8, 4) is 0 Å². The molecule has 16 heavy (non-hydrogen) atoms. The lowest BCUT2D eigenvalue weighted by Gasteiger charge is -2.13. The molecule has 1 aromatic carbocycles. The van der Waals surface area contributed by atoms with Gasteiger partial charge in [0, 0.05) is 11.4 Å². The third-order valence-electron chi connectivity index (χ3n) is 2.56. The third-order valence-corrected chi connectivity index (χ3v) is 3.65. The van der Waals surface area contributed by atoms with Gasteiger partial charge in [-0.1, -0.05) is 42.1 Å². The van der Waals surface area contributed by atoms with Crippen molar-refractivity contribution in [2.45, 2.75) is 24.1 Å². The van der Waals surface area contributed by atoms with Gasteiger partial charge in [0.25, 0.3) is 0 Å². The summed E-state index contributed by atoms with van der Waals surface area (Å²) >= 11 is 1.80. The molecule has 0 spiro atoms. The number of benzene rings is 1. The summed E-state index contributed by atoms with van der Waals surface area (Å²) in [7, 11) is 0. The molecular formula is C14H15NS. The number of nitrogens with zero attached hydrogens (tertiary/aromatic N) is 1. The zero-order valence-electron chi connectivity index (χ0n) is 9.55. The summed E-state index contributed by atoms with van der Waals surface area (Å²) in [5.74, 6) is 0. The molecule has 1 atom stereocenters. The van der Waals surface area contributed by atoms with Gasteiger partial charge < -0.3 is 0 Å². The van der Waals surface area contributed by atoms with Gasteiger partial charge in [-0.25, -0.2) is 4.98 Å². The Bertz CT molecular complexity index is 453. The standard InChI is InChI=1S/C14H15NS/c1-11-7-3-4-8-13(11)12(2)16-14-9-5-6-10-15-14/h3-10,12H,1-2H3. The summed E-state index contributed by atoms with van der Waals surface area (Å²) in [4.78, 5) is 4.34. The Morgan fingerprint density at radius 2 is 1.81 bits per heavy atom. The van der Waals surface area contributed by atoms with Gasteiger partial charge in [-0.05, 0) is 37.1 Å².